The third kappa shape index (κ3) is 6.04. The Balaban J connectivity index is 1.68. The second-order valence-corrected chi connectivity index (χ2v) is 9.10. The molecule has 1 saturated heterocycles. The van der Waals surface area contributed by atoms with Crippen molar-refractivity contribution in [1.82, 2.24) is 16.0 Å². The summed E-state index contributed by atoms with van der Waals surface area (Å²) in [5, 5.41) is 11.5. The Labute approximate surface area is 142 Å². The van der Waals surface area contributed by atoms with Crippen LogP contribution in [-0.2, 0) is 0 Å². The van der Waals surface area contributed by atoms with Crippen molar-refractivity contribution in [3.63, 3.8) is 0 Å². The molecule has 0 unspecified atom stereocenters. The maximum atomic E-state index is 5.46. The molecule has 1 aliphatic heterocycles. The number of nitrogens with one attached hydrogen (secondary N) is 3. The smallest absolute Gasteiger partial charge is 0.166 e. The summed E-state index contributed by atoms with van der Waals surface area (Å²) in [5.74, 6) is 0.774. The fourth-order valence-corrected chi connectivity index (χ4v) is 4.88. The summed E-state index contributed by atoms with van der Waals surface area (Å²) < 4.78 is 0. The summed E-state index contributed by atoms with van der Waals surface area (Å²) in [4.78, 5) is 0. The molecule has 3 nitrogen and oxygen atoms in total. The lowest BCUT2D eigenvalue weighted by molar-refractivity contribution is 0.124. The standard InChI is InChI=1S/C18H35N3S/c1-17(2)12-14(13-18(3,4)21-17)10-11-19-16(22)20-15-8-6-5-7-9-15/h14-15,21H,5-13H2,1-4H3,(H2,19,20,22). The van der Waals surface area contributed by atoms with Gasteiger partial charge >= 0.3 is 0 Å². The van der Waals surface area contributed by atoms with Crippen LogP contribution in [0.15, 0.2) is 0 Å². The number of hydrogen-bond acceptors (Lipinski definition) is 2. The SMILES string of the molecule is CC1(C)CC(CCNC(=S)NC2CCCCC2)CC(C)(C)N1. The van der Waals surface area contributed by atoms with Gasteiger partial charge in [-0.1, -0.05) is 19.3 Å². The van der Waals surface area contributed by atoms with Gasteiger partial charge in [-0.05, 0) is 77.9 Å². The Morgan fingerprint density at radius 1 is 1.05 bits per heavy atom. The second-order valence-electron chi connectivity index (χ2n) is 8.69. The molecule has 128 valence electrons. The first-order valence-electron chi connectivity index (χ1n) is 9.09. The van der Waals surface area contributed by atoms with E-state index < -0.39 is 0 Å². The fraction of sp³-hybridized carbons (Fsp3) is 0.944. The van der Waals surface area contributed by atoms with Crippen LogP contribution >= 0.6 is 12.2 Å². The predicted molar refractivity (Wildman–Crippen MR) is 99.2 cm³/mol. The van der Waals surface area contributed by atoms with Gasteiger partial charge in [0.05, 0.1) is 0 Å². The third-order valence-corrected chi connectivity index (χ3v) is 5.32. The van der Waals surface area contributed by atoms with E-state index in [4.69, 9.17) is 12.2 Å². The summed E-state index contributed by atoms with van der Waals surface area (Å²) >= 11 is 5.46. The van der Waals surface area contributed by atoms with Gasteiger partial charge in [0.25, 0.3) is 0 Å². The second kappa shape index (κ2) is 7.48. The van der Waals surface area contributed by atoms with Crippen LogP contribution in [0.2, 0.25) is 0 Å². The monoisotopic (exact) mass is 325 g/mol. The molecule has 2 fully saturated rings. The minimum Gasteiger partial charge on any atom is -0.363 e. The van der Waals surface area contributed by atoms with Crippen LogP contribution in [-0.4, -0.2) is 28.8 Å². The van der Waals surface area contributed by atoms with E-state index in [0.717, 1.165) is 17.6 Å². The molecule has 0 aromatic heterocycles. The minimum absolute atomic E-state index is 0.243. The molecule has 1 aliphatic carbocycles. The van der Waals surface area contributed by atoms with Crippen LogP contribution < -0.4 is 16.0 Å². The summed E-state index contributed by atoms with van der Waals surface area (Å²) in [5.41, 5.74) is 0.487. The zero-order chi connectivity index (χ0) is 16.2. The van der Waals surface area contributed by atoms with Gasteiger partial charge in [0.15, 0.2) is 5.11 Å². The lowest BCUT2D eigenvalue weighted by Crippen LogP contribution is -2.58. The maximum Gasteiger partial charge on any atom is 0.166 e. The van der Waals surface area contributed by atoms with Crippen LogP contribution in [0.1, 0.15) is 79.1 Å². The molecule has 0 atom stereocenters. The first kappa shape index (κ1) is 18.0. The Morgan fingerprint density at radius 3 is 2.23 bits per heavy atom. The molecule has 0 bridgehead atoms. The Hall–Kier alpha value is -0.350. The van der Waals surface area contributed by atoms with Crippen LogP contribution in [0.4, 0.5) is 0 Å². The Bertz CT molecular complexity index is 357. The van der Waals surface area contributed by atoms with Crippen LogP contribution in [0.25, 0.3) is 0 Å². The highest BCUT2D eigenvalue weighted by atomic mass is 32.1. The normalized spacial score (nSPS) is 25.6. The van der Waals surface area contributed by atoms with Crippen LogP contribution in [0.5, 0.6) is 0 Å². The van der Waals surface area contributed by atoms with E-state index in [1.54, 1.807) is 0 Å². The van der Waals surface area contributed by atoms with Crippen molar-refractivity contribution in [1.29, 1.82) is 0 Å². The molecule has 0 aromatic rings. The number of piperidine rings is 1. The van der Waals surface area contributed by atoms with Crippen LogP contribution in [0.3, 0.4) is 0 Å². The van der Waals surface area contributed by atoms with Crippen molar-refractivity contribution in [2.24, 2.45) is 5.92 Å². The van der Waals surface area contributed by atoms with Gasteiger partial charge in [0, 0.05) is 23.7 Å². The summed E-state index contributed by atoms with van der Waals surface area (Å²) in [6.45, 7) is 10.3. The average molecular weight is 326 g/mol. The van der Waals surface area contributed by atoms with Gasteiger partial charge < -0.3 is 16.0 Å². The number of thiocarbonyl (C=S) groups is 1. The van der Waals surface area contributed by atoms with Gasteiger partial charge in [-0.3, -0.25) is 0 Å². The molecular weight excluding hydrogens is 290 g/mol. The van der Waals surface area contributed by atoms with Crippen molar-refractivity contribution in [3.8, 4) is 0 Å². The summed E-state index contributed by atoms with van der Waals surface area (Å²) in [6.07, 6.45) is 10.3. The molecule has 2 aliphatic rings. The molecule has 1 saturated carbocycles. The average Bonchev–Trinajstić information content (AvgIpc) is 2.36. The van der Waals surface area contributed by atoms with E-state index in [1.165, 1.54) is 51.4 Å². The van der Waals surface area contributed by atoms with Crippen molar-refractivity contribution in [2.45, 2.75) is 96.2 Å². The van der Waals surface area contributed by atoms with E-state index in [0.29, 0.717) is 6.04 Å². The summed E-state index contributed by atoms with van der Waals surface area (Å²) in [6, 6.07) is 0.602. The molecule has 0 spiro atoms. The van der Waals surface area contributed by atoms with E-state index >= 15 is 0 Å². The largest absolute Gasteiger partial charge is 0.363 e. The molecule has 0 amide bonds. The molecule has 0 radical (unpaired) electrons. The number of rotatable bonds is 4. The Morgan fingerprint density at radius 2 is 1.64 bits per heavy atom. The summed E-state index contributed by atoms with van der Waals surface area (Å²) in [7, 11) is 0. The minimum atomic E-state index is 0.243. The lowest BCUT2D eigenvalue weighted by atomic mass is 9.75. The van der Waals surface area contributed by atoms with Crippen LogP contribution in [0, 0.1) is 5.92 Å². The zero-order valence-electron chi connectivity index (χ0n) is 14.9. The molecule has 1 heterocycles. The Kier molecular flexibility index (Phi) is 6.12. The van der Waals surface area contributed by atoms with Crippen molar-refractivity contribution in [2.75, 3.05) is 6.54 Å². The van der Waals surface area contributed by atoms with Gasteiger partial charge in [-0.15, -0.1) is 0 Å². The third-order valence-electron chi connectivity index (χ3n) is 5.05. The highest BCUT2D eigenvalue weighted by Crippen LogP contribution is 2.34. The van der Waals surface area contributed by atoms with Crippen molar-refractivity contribution < 1.29 is 0 Å². The van der Waals surface area contributed by atoms with Gasteiger partial charge in [0.2, 0.25) is 0 Å². The molecular formula is C18H35N3S. The molecule has 3 N–H and O–H groups in total. The first-order valence-corrected chi connectivity index (χ1v) is 9.50. The predicted octanol–water partition coefficient (Wildman–Crippen LogP) is 3.73. The van der Waals surface area contributed by atoms with Gasteiger partial charge in [-0.2, -0.15) is 0 Å². The highest BCUT2D eigenvalue weighted by Gasteiger charge is 2.37. The van der Waals surface area contributed by atoms with Gasteiger partial charge in [0.1, 0.15) is 0 Å². The molecule has 4 heteroatoms. The molecule has 0 aromatic carbocycles. The van der Waals surface area contributed by atoms with E-state index in [9.17, 15) is 0 Å². The first-order chi connectivity index (χ1) is 10.3. The quantitative estimate of drug-likeness (QED) is 0.688. The van der Waals surface area contributed by atoms with Gasteiger partial charge in [-0.25, -0.2) is 0 Å². The molecule has 22 heavy (non-hydrogen) atoms. The van der Waals surface area contributed by atoms with E-state index in [2.05, 4.69) is 43.6 Å². The molecule has 2 rings (SSSR count). The highest BCUT2D eigenvalue weighted by molar-refractivity contribution is 7.80. The topological polar surface area (TPSA) is 36.1 Å². The number of hydrogen-bond donors (Lipinski definition) is 3. The van der Waals surface area contributed by atoms with Crippen molar-refractivity contribution in [3.05, 3.63) is 0 Å². The lowest BCUT2D eigenvalue weighted by Gasteiger charge is -2.46. The van der Waals surface area contributed by atoms with Crippen molar-refractivity contribution >= 4 is 17.3 Å². The van der Waals surface area contributed by atoms with E-state index in [1.807, 2.05) is 0 Å². The maximum absolute atomic E-state index is 5.46. The zero-order valence-corrected chi connectivity index (χ0v) is 15.7. The van der Waals surface area contributed by atoms with E-state index in [-0.39, 0.29) is 11.1 Å². The fourth-order valence-electron chi connectivity index (χ4n) is 4.61.